The van der Waals surface area contributed by atoms with Crippen molar-refractivity contribution in [3.05, 3.63) is 28.9 Å². The molecule has 2 aromatic heterocycles. The van der Waals surface area contributed by atoms with Crippen molar-refractivity contribution < 1.29 is 9.32 Å². The van der Waals surface area contributed by atoms with E-state index in [2.05, 4.69) is 26.1 Å². The van der Waals surface area contributed by atoms with Gasteiger partial charge >= 0.3 is 0 Å². The van der Waals surface area contributed by atoms with Crippen LogP contribution in [0.3, 0.4) is 0 Å². The highest BCUT2D eigenvalue weighted by atomic mass is 16.5. The maximum atomic E-state index is 12.0. The predicted molar refractivity (Wildman–Crippen MR) is 69.1 cm³/mol. The number of hydrogen-bond acceptors (Lipinski definition) is 6. The highest BCUT2D eigenvalue weighted by molar-refractivity contribution is 5.91. The van der Waals surface area contributed by atoms with Crippen molar-refractivity contribution in [3.63, 3.8) is 0 Å². The molecule has 0 spiro atoms. The van der Waals surface area contributed by atoms with E-state index in [1.54, 1.807) is 10.9 Å². The maximum absolute atomic E-state index is 12.0. The standard InChI is InChI=1S/C12H16N6O2/c1-7-10(8(2)20-16-7)5-14-12(19)11-6-18(17-15-11)9-3-13-4-9/h6,9,13H,3-5H2,1-2H3,(H,14,19). The van der Waals surface area contributed by atoms with Gasteiger partial charge in [-0.1, -0.05) is 10.4 Å². The second kappa shape index (κ2) is 5.04. The first-order valence-corrected chi connectivity index (χ1v) is 6.47. The smallest absolute Gasteiger partial charge is 0.273 e. The first-order chi connectivity index (χ1) is 9.65. The van der Waals surface area contributed by atoms with Gasteiger partial charge in [0, 0.05) is 25.2 Å². The zero-order valence-corrected chi connectivity index (χ0v) is 11.4. The van der Waals surface area contributed by atoms with Crippen LogP contribution in [-0.2, 0) is 6.54 Å². The topological polar surface area (TPSA) is 97.9 Å². The van der Waals surface area contributed by atoms with Crippen LogP contribution < -0.4 is 10.6 Å². The number of hydrogen-bond donors (Lipinski definition) is 2. The van der Waals surface area contributed by atoms with E-state index in [0.29, 0.717) is 24.0 Å². The molecule has 8 heteroatoms. The Morgan fingerprint density at radius 1 is 1.55 bits per heavy atom. The summed E-state index contributed by atoms with van der Waals surface area (Å²) in [6.07, 6.45) is 1.67. The minimum absolute atomic E-state index is 0.247. The lowest BCUT2D eigenvalue weighted by Crippen LogP contribution is -2.43. The van der Waals surface area contributed by atoms with E-state index in [9.17, 15) is 4.79 Å². The Morgan fingerprint density at radius 2 is 2.35 bits per heavy atom. The molecule has 0 unspecified atom stereocenters. The number of carbonyl (C=O) groups is 1. The zero-order valence-electron chi connectivity index (χ0n) is 11.4. The molecule has 1 fully saturated rings. The summed E-state index contributed by atoms with van der Waals surface area (Å²) in [5.74, 6) is 0.468. The molecule has 8 nitrogen and oxygen atoms in total. The monoisotopic (exact) mass is 276 g/mol. The Labute approximate surface area is 115 Å². The number of aryl methyl sites for hydroxylation is 2. The van der Waals surface area contributed by atoms with Gasteiger partial charge in [-0.15, -0.1) is 5.10 Å². The summed E-state index contributed by atoms with van der Waals surface area (Å²) in [7, 11) is 0. The van der Waals surface area contributed by atoms with Crippen LogP contribution in [-0.4, -0.2) is 39.1 Å². The molecular weight excluding hydrogens is 260 g/mol. The minimum atomic E-state index is -0.247. The highest BCUT2D eigenvalue weighted by Crippen LogP contribution is 2.12. The third-order valence-corrected chi connectivity index (χ3v) is 3.48. The lowest BCUT2D eigenvalue weighted by molar-refractivity contribution is 0.0945. The SMILES string of the molecule is Cc1noc(C)c1CNC(=O)c1cn(C2CNC2)nn1. The molecule has 2 N–H and O–H groups in total. The molecule has 1 aliphatic rings. The minimum Gasteiger partial charge on any atom is -0.361 e. The van der Waals surface area contributed by atoms with Crippen LogP contribution in [0, 0.1) is 13.8 Å². The summed E-state index contributed by atoms with van der Waals surface area (Å²) in [6.45, 7) is 5.77. The Morgan fingerprint density at radius 3 is 2.95 bits per heavy atom. The molecule has 2 aromatic rings. The van der Waals surface area contributed by atoms with Crippen molar-refractivity contribution in [2.45, 2.75) is 26.4 Å². The lowest BCUT2D eigenvalue weighted by atomic mass is 10.2. The van der Waals surface area contributed by atoms with E-state index < -0.39 is 0 Å². The van der Waals surface area contributed by atoms with Gasteiger partial charge in [-0.3, -0.25) is 4.79 Å². The molecular formula is C12H16N6O2. The van der Waals surface area contributed by atoms with Crippen molar-refractivity contribution in [3.8, 4) is 0 Å². The van der Waals surface area contributed by atoms with Crippen molar-refractivity contribution in [1.82, 2.24) is 30.8 Å². The molecule has 106 valence electrons. The van der Waals surface area contributed by atoms with Crippen molar-refractivity contribution in [1.29, 1.82) is 0 Å². The number of rotatable bonds is 4. The van der Waals surface area contributed by atoms with Gasteiger partial charge in [0.2, 0.25) is 0 Å². The molecule has 0 saturated carbocycles. The highest BCUT2D eigenvalue weighted by Gasteiger charge is 2.21. The fraction of sp³-hybridized carbons (Fsp3) is 0.500. The fourth-order valence-corrected chi connectivity index (χ4v) is 2.03. The molecule has 1 saturated heterocycles. The van der Waals surface area contributed by atoms with Gasteiger partial charge in [0.1, 0.15) is 5.76 Å². The largest absolute Gasteiger partial charge is 0.361 e. The molecule has 0 radical (unpaired) electrons. The van der Waals surface area contributed by atoms with Gasteiger partial charge < -0.3 is 15.2 Å². The summed E-state index contributed by atoms with van der Waals surface area (Å²) in [5.41, 5.74) is 2.00. The van der Waals surface area contributed by atoms with E-state index in [1.165, 1.54) is 0 Å². The summed E-state index contributed by atoms with van der Waals surface area (Å²) >= 11 is 0. The van der Waals surface area contributed by atoms with Crippen LogP contribution in [0.1, 0.15) is 33.5 Å². The number of amides is 1. The third kappa shape index (κ3) is 2.29. The molecule has 3 rings (SSSR count). The van der Waals surface area contributed by atoms with Gasteiger partial charge in [0.15, 0.2) is 5.69 Å². The van der Waals surface area contributed by atoms with Gasteiger partial charge in [-0.2, -0.15) is 0 Å². The molecule has 0 bridgehead atoms. The first-order valence-electron chi connectivity index (χ1n) is 6.47. The summed E-state index contributed by atoms with van der Waals surface area (Å²) in [4.78, 5) is 12.0. The number of carbonyl (C=O) groups excluding carboxylic acids is 1. The number of aromatic nitrogens is 4. The summed E-state index contributed by atoms with van der Waals surface area (Å²) in [5, 5.41) is 17.7. The van der Waals surface area contributed by atoms with Crippen LogP contribution in [0.15, 0.2) is 10.7 Å². The second-order valence-electron chi connectivity index (χ2n) is 4.88. The van der Waals surface area contributed by atoms with Gasteiger partial charge in [-0.05, 0) is 13.8 Å². The molecule has 3 heterocycles. The van der Waals surface area contributed by atoms with E-state index in [1.807, 2.05) is 13.8 Å². The number of nitrogens with one attached hydrogen (secondary N) is 2. The molecule has 20 heavy (non-hydrogen) atoms. The normalized spacial score (nSPS) is 15.1. The van der Waals surface area contributed by atoms with Crippen molar-refractivity contribution in [2.75, 3.05) is 13.1 Å². The zero-order chi connectivity index (χ0) is 14.1. The Bertz CT molecular complexity index is 608. The second-order valence-corrected chi connectivity index (χ2v) is 4.88. The van der Waals surface area contributed by atoms with Gasteiger partial charge in [0.05, 0.1) is 17.9 Å². The maximum Gasteiger partial charge on any atom is 0.273 e. The van der Waals surface area contributed by atoms with Crippen LogP contribution in [0.4, 0.5) is 0 Å². The average Bonchev–Trinajstić information content (AvgIpc) is 2.94. The number of nitrogens with zero attached hydrogens (tertiary/aromatic N) is 4. The Hall–Kier alpha value is -2.22. The van der Waals surface area contributed by atoms with Crippen LogP contribution in [0.2, 0.25) is 0 Å². The van der Waals surface area contributed by atoms with E-state index in [-0.39, 0.29) is 5.91 Å². The molecule has 0 atom stereocenters. The first kappa shape index (κ1) is 12.8. The van der Waals surface area contributed by atoms with Crippen molar-refractivity contribution in [2.24, 2.45) is 0 Å². The van der Waals surface area contributed by atoms with Crippen LogP contribution >= 0.6 is 0 Å². The summed E-state index contributed by atoms with van der Waals surface area (Å²) in [6, 6.07) is 0.298. The lowest BCUT2D eigenvalue weighted by Gasteiger charge is -2.26. The molecule has 1 aliphatic heterocycles. The summed E-state index contributed by atoms with van der Waals surface area (Å²) < 4.78 is 6.77. The van der Waals surface area contributed by atoms with Crippen molar-refractivity contribution >= 4 is 5.91 Å². The van der Waals surface area contributed by atoms with Gasteiger partial charge in [0.25, 0.3) is 5.91 Å². The van der Waals surface area contributed by atoms with E-state index >= 15 is 0 Å². The Balaban J connectivity index is 1.63. The van der Waals surface area contributed by atoms with Crippen LogP contribution in [0.5, 0.6) is 0 Å². The fourth-order valence-electron chi connectivity index (χ4n) is 2.03. The average molecular weight is 276 g/mol. The quantitative estimate of drug-likeness (QED) is 0.813. The van der Waals surface area contributed by atoms with Crippen LogP contribution in [0.25, 0.3) is 0 Å². The van der Waals surface area contributed by atoms with E-state index in [0.717, 1.165) is 24.3 Å². The van der Waals surface area contributed by atoms with E-state index in [4.69, 9.17) is 4.52 Å². The Kier molecular flexibility index (Phi) is 3.23. The molecule has 1 amide bonds. The van der Waals surface area contributed by atoms with Gasteiger partial charge in [-0.25, -0.2) is 4.68 Å². The molecule has 0 aromatic carbocycles. The predicted octanol–water partition coefficient (Wildman–Crippen LogP) is -0.0428. The molecule has 0 aliphatic carbocycles. The third-order valence-electron chi connectivity index (χ3n) is 3.48.